The second-order valence-electron chi connectivity index (χ2n) is 4.34. The molecule has 0 aliphatic carbocycles. The first-order valence-corrected chi connectivity index (χ1v) is 7.56. The van der Waals surface area contributed by atoms with E-state index in [1.165, 1.54) is 32.1 Å². The van der Waals surface area contributed by atoms with Crippen LogP contribution in [0.2, 0.25) is 0 Å². The largest absolute Gasteiger partial charge is 0.377 e. The number of unbranched alkanes of at least 4 members (excludes halogenated alkanes) is 2. The van der Waals surface area contributed by atoms with Gasteiger partial charge in [0.2, 0.25) is 0 Å². The Morgan fingerprint density at radius 1 is 0.789 bits per heavy atom. The minimum absolute atomic E-state index is 0.000000000000000222. The van der Waals surface area contributed by atoms with E-state index in [2.05, 4.69) is 82.0 Å². The molecule has 0 aliphatic rings. The fourth-order valence-corrected chi connectivity index (χ4v) is 0.931. The summed E-state index contributed by atoms with van der Waals surface area (Å²) < 4.78 is 0. The summed E-state index contributed by atoms with van der Waals surface area (Å²) in [5.41, 5.74) is 18.5. The van der Waals surface area contributed by atoms with Crippen molar-refractivity contribution in [2.45, 2.75) is 66.7 Å². The minimum Gasteiger partial charge on any atom is -0.377 e. The van der Waals surface area contributed by atoms with Gasteiger partial charge in [0.1, 0.15) is 0 Å². The summed E-state index contributed by atoms with van der Waals surface area (Å²) >= 11 is 8.19. The van der Waals surface area contributed by atoms with Gasteiger partial charge in [-0.2, -0.15) is 0 Å². The second kappa shape index (κ2) is 26.0. The summed E-state index contributed by atoms with van der Waals surface area (Å²) in [5, 5.41) is 0.000000000000000444. The Morgan fingerprint density at radius 2 is 1.05 bits per heavy atom. The molecule has 8 N–H and O–H groups in total. The van der Waals surface area contributed by atoms with E-state index >= 15 is 0 Å². The van der Waals surface area contributed by atoms with Crippen LogP contribution in [0.3, 0.4) is 0 Å². The summed E-state index contributed by atoms with van der Waals surface area (Å²) in [7, 11) is 0. The van der Waals surface area contributed by atoms with Crippen LogP contribution >= 0.6 is 24.4 Å². The maximum Gasteiger partial charge on any atom is 0.160 e. The van der Waals surface area contributed by atoms with Crippen molar-refractivity contribution in [1.82, 2.24) is 0 Å². The average molecular weight is 311 g/mol. The molecule has 0 saturated heterocycles. The number of hydrogen-bond donors (Lipinski definition) is 4. The van der Waals surface area contributed by atoms with Crippen molar-refractivity contribution in [1.29, 1.82) is 0 Å². The van der Waals surface area contributed by atoms with Crippen LogP contribution in [-0.4, -0.2) is 10.2 Å². The van der Waals surface area contributed by atoms with E-state index < -0.39 is 0 Å². The quantitative estimate of drug-likeness (QED) is 0.595. The lowest BCUT2D eigenvalue weighted by molar-refractivity contribution is 0.576. The van der Waals surface area contributed by atoms with Crippen LogP contribution in [0, 0.1) is 5.92 Å². The van der Waals surface area contributed by atoms with E-state index in [0.717, 1.165) is 5.92 Å². The molecule has 0 fully saturated rings. The van der Waals surface area contributed by atoms with E-state index in [9.17, 15) is 0 Å². The Balaban J connectivity index is -0.0000000803. The third-order valence-electron chi connectivity index (χ3n) is 1.57. The molecule has 0 atom stereocenters. The lowest BCUT2D eigenvalue weighted by Crippen LogP contribution is -2.18. The van der Waals surface area contributed by atoms with Crippen LogP contribution in [0.1, 0.15) is 66.7 Å². The molecule has 0 saturated carbocycles. The van der Waals surface area contributed by atoms with E-state index in [-0.39, 0.29) is 10.2 Å². The van der Waals surface area contributed by atoms with Crippen LogP contribution in [0.25, 0.3) is 0 Å². The zero-order valence-corrected chi connectivity index (χ0v) is 14.9. The van der Waals surface area contributed by atoms with Crippen molar-refractivity contribution in [3.05, 3.63) is 0 Å². The van der Waals surface area contributed by atoms with Gasteiger partial charge in [0.05, 0.1) is 0 Å². The molecular weight excluding hydrogens is 276 g/mol. The van der Waals surface area contributed by atoms with Crippen LogP contribution in [0.5, 0.6) is 0 Å². The molecule has 0 aromatic carbocycles. The van der Waals surface area contributed by atoms with Gasteiger partial charge in [0.15, 0.2) is 10.2 Å². The van der Waals surface area contributed by atoms with Gasteiger partial charge in [-0.15, -0.1) is 0 Å². The lowest BCUT2D eigenvalue weighted by atomic mass is 10.1. The maximum absolute atomic E-state index is 4.62. The SMILES string of the molecule is CCCC(C)C.CCCCC.NC(N)=S.NC(N)=S. The Kier molecular flexibility index (Phi) is 36.8. The molecule has 0 heterocycles. The van der Waals surface area contributed by atoms with E-state index in [1.54, 1.807) is 0 Å². The molecule has 0 amide bonds. The predicted molar refractivity (Wildman–Crippen MR) is 96.9 cm³/mol. The molecule has 0 spiro atoms. The Morgan fingerprint density at radius 3 is 1.05 bits per heavy atom. The van der Waals surface area contributed by atoms with Crippen molar-refractivity contribution in [3.8, 4) is 0 Å². The summed E-state index contributed by atoms with van der Waals surface area (Å²) in [6.07, 6.45) is 6.78. The molecule has 4 nitrogen and oxygen atoms in total. The smallest absolute Gasteiger partial charge is 0.160 e. The first kappa shape index (κ1) is 26.8. The summed E-state index contributed by atoms with van der Waals surface area (Å²) in [4.78, 5) is 0. The Labute approximate surface area is 130 Å². The lowest BCUT2D eigenvalue weighted by Gasteiger charge is -1.95. The van der Waals surface area contributed by atoms with E-state index in [4.69, 9.17) is 0 Å². The molecule has 0 rings (SSSR count). The number of nitrogens with two attached hydrogens (primary N) is 4. The third-order valence-corrected chi connectivity index (χ3v) is 1.57. The Hall–Kier alpha value is -0.620. The van der Waals surface area contributed by atoms with Crippen LogP contribution in [0.15, 0.2) is 0 Å². The second-order valence-corrected chi connectivity index (χ2v) is 5.28. The fraction of sp³-hybridized carbons (Fsp3) is 0.846. The third kappa shape index (κ3) is 214. The van der Waals surface area contributed by atoms with Gasteiger partial charge in [-0.05, 0) is 30.4 Å². The number of hydrogen-bond acceptors (Lipinski definition) is 2. The molecule has 6 heteroatoms. The van der Waals surface area contributed by atoms with Crippen molar-refractivity contribution >= 4 is 34.7 Å². The van der Waals surface area contributed by atoms with E-state index in [1.807, 2.05) is 0 Å². The van der Waals surface area contributed by atoms with Crippen molar-refractivity contribution in [3.63, 3.8) is 0 Å². The van der Waals surface area contributed by atoms with Gasteiger partial charge in [0.25, 0.3) is 0 Å². The molecule has 0 aromatic rings. The summed E-state index contributed by atoms with van der Waals surface area (Å²) in [5.74, 6) is 0.898. The highest BCUT2D eigenvalue weighted by Crippen LogP contribution is 2.00. The van der Waals surface area contributed by atoms with Gasteiger partial charge in [-0.1, -0.05) is 66.7 Å². The normalized spacial score (nSPS) is 7.89. The number of thiocarbonyl (C=S) groups is 2. The van der Waals surface area contributed by atoms with E-state index in [0.29, 0.717) is 0 Å². The highest BCUT2D eigenvalue weighted by molar-refractivity contribution is 7.80. The molecule has 118 valence electrons. The molecule has 0 aliphatic heterocycles. The van der Waals surface area contributed by atoms with Gasteiger partial charge in [0, 0.05) is 0 Å². The van der Waals surface area contributed by atoms with Crippen molar-refractivity contribution in [2.75, 3.05) is 0 Å². The molecule has 0 aromatic heterocycles. The maximum atomic E-state index is 4.62. The highest BCUT2D eigenvalue weighted by Gasteiger charge is 1.85. The predicted octanol–water partition coefficient (Wildman–Crippen LogP) is 3.02. The van der Waals surface area contributed by atoms with Crippen LogP contribution < -0.4 is 22.9 Å². The standard InChI is InChI=1S/C6H14.C5H12.2CH4N2S/c1-4-5-6(2)3;1-3-5-4-2;2*2-1(3)4/h6H,4-5H2,1-3H3;3-5H2,1-2H3;2*(H4,2,3,4). The molecule has 19 heavy (non-hydrogen) atoms. The average Bonchev–Trinajstić information content (AvgIpc) is 2.17. The highest BCUT2D eigenvalue weighted by atomic mass is 32.1. The fourth-order valence-electron chi connectivity index (χ4n) is 0.931. The molecule has 0 radical (unpaired) electrons. The van der Waals surface area contributed by atoms with Crippen LogP contribution in [-0.2, 0) is 0 Å². The zero-order valence-electron chi connectivity index (χ0n) is 13.2. The van der Waals surface area contributed by atoms with Gasteiger partial charge in [-0.3, -0.25) is 0 Å². The van der Waals surface area contributed by atoms with Crippen molar-refractivity contribution in [2.24, 2.45) is 28.9 Å². The molecule has 0 bridgehead atoms. The topological polar surface area (TPSA) is 104 Å². The minimum atomic E-state index is 0.000000000000000222. The monoisotopic (exact) mass is 310 g/mol. The Bertz CT molecular complexity index is 163. The summed E-state index contributed by atoms with van der Waals surface area (Å²) in [6.45, 7) is 11.2. The first-order valence-electron chi connectivity index (χ1n) is 6.75. The van der Waals surface area contributed by atoms with Crippen molar-refractivity contribution < 1.29 is 0 Å². The van der Waals surface area contributed by atoms with Gasteiger partial charge in [-0.25, -0.2) is 0 Å². The van der Waals surface area contributed by atoms with Gasteiger partial charge < -0.3 is 22.9 Å². The zero-order chi connectivity index (χ0) is 16.3. The first-order chi connectivity index (χ1) is 8.65. The van der Waals surface area contributed by atoms with Gasteiger partial charge >= 0.3 is 0 Å². The summed E-state index contributed by atoms with van der Waals surface area (Å²) in [6, 6.07) is 0. The van der Waals surface area contributed by atoms with Crippen LogP contribution in [0.4, 0.5) is 0 Å². The number of rotatable bonds is 4. The molecule has 0 unspecified atom stereocenters. The molecular formula is C13H34N4S2.